The Kier molecular flexibility index (Phi) is 8.21. The van der Waals surface area contributed by atoms with Gasteiger partial charge in [0.25, 0.3) is 5.91 Å². The number of fused-ring (bicyclic) bond motifs is 1. The largest absolute Gasteiger partial charge is 0.472 e. The molecule has 3 atom stereocenters. The highest BCUT2D eigenvalue weighted by Gasteiger charge is 2.34. The summed E-state index contributed by atoms with van der Waals surface area (Å²) in [4.78, 5) is 33.4. The minimum absolute atomic E-state index is 0.0352. The van der Waals surface area contributed by atoms with Crippen LogP contribution in [0.1, 0.15) is 29.8 Å². The quantitative estimate of drug-likeness (QED) is 0.663. The van der Waals surface area contributed by atoms with Gasteiger partial charge < -0.3 is 24.4 Å². The van der Waals surface area contributed by atoms with E-state index in [1.807, 2.05) is 6.92 Å². The molecule has 0 radical (unpaired) electrons. The number of hydrogen-bond acceptors (Lipinski definition) is 7. The van der Waals surface area contributed by atoms with Crippen LogP contribution in [-0.4, -0.2) is 84.3 Å². The van der Waals surface area contributed by atoms with Crippen molar-refractivity contribution in [2.45, 2.75) is 26.0 Å². The lowest BCUT2D eigenvalue weighted by Gasteiger charge is -2.37. The van der Waals surface area contributed by atoms with Crippen molar-refractivity contribution >= 4 is 11.8 Å². The van der Waals surface area contributed by atoms with E-state index in [0.29, 0.717) is 17.7 Å². The number of nitriles is 1. The minimum atomic E-state index is -0.431. The van der Waals surface area contributed by atoms with Crippen LogP contribution in [0.15, 0.2) is 36.5 Å². The number of rotatable bonds is 7. The fourth-order valence-electron chi connectivity index (χ4n) is 3.82. The molecular weight excluding hydrogens is 436 g/mol. The maximum atomic E-state index is 13.5. The maximum absolute atomic E-state index is 13.5. The van der Waals surface area contributed by atoms with Crippen molar-refractivity contribution in [3.63, 3.8) is 0 Å². The monoisotopic (exact) mass is 466 g/mol. The number of likely N-dealkylation sites (N-methyl/N-ethyl adjacent to an activating group) is 1. The van der Waals surface area contributed by atoms with E-state index >= 15 is 0 Å². The van der Waals surface area contributed by atoms with E-state index in [9.17, 15) is 14.7 Å². The van der Waals surface area contributed by atoms with Crippen LogP contribution < -0.4 is 4.74 Å². The molecule has 1 aliphatic rings. The van der Waals surface area contributed by atoms with Gasteiger partial charge in [-0.15, -0.1) is 0 Å². The standard InChI is InChI=1S/C25H30N4O5/c1-16-12-29(17(2)14-30)25(32)21-9-20(19-7-5-18(10-26)6-8-19)11-27-24(21)34-22(16)13-28(3)23(31)15-33-4/h5-9,11,16-17,22,30H,12-15H2,1-4H3/t16-,17-,22+/m0/s1. The number of pyridine rings is 1. The molecule has 2 heterocycles. The van der Waals surface area contributed by atoms with Crippen LogP contribution in [0.3, 0.4) is 0 Å². The number of amides is 2. The van der Waals surface area contributed by atoms with Crippen molar-refractivity contribution in [1.29, 1.82) is 5.26 Å². The minimum Gasteiger partial charge on any atom is -0.472 e. The summed E-state index contributed by atoms with van der Waals surface area (Å²) in [6, 6.07) is 10.4. The number of ether oxygens (including phenoxy) is 2. The molecule has 1 aromatic heterocycles. The highest BCUT2D eigenvalue weighted by Crippen LogP contribution is 2.30. The average molecular weight is 467 g/mol. The van der Waals surface area contributed by atoms with Crippen molar-refractivity contribution in [2.75, 3.05) is 40.5 Å². The third-order valence-electron chi connectivity index (χ3n) is 6.02. The van der Waals surface area contributed by atoms with Gasteiger partial charge in [0, 0.05) is 38.4 Å². The molecule has 3 rings (SSSR count). The van der Waals surface area contributed by atoms with Gasteiger partial charge in [0.1, 0.15) is 18.3 Å². The Bertz CT molecular complexity index is 1070. The predicted octanol–water partition coefficient (Wildman–Crippen LogP) is 1.95. The Morgan fingerprint density at radius 3 is 2.71 bits per heavy atom. The number of aliphatic hydroxyl groups is 1. The summed E-state index contributed by atoms with van der Waals surface area (Å²) in [5, 5.41) is 18.8. The predicted molar refractivity (Wildman–Crippen MR) is 125 cm³/mol. The summed E-state index contributed by atoms with van der Waals surface area (Å²) in [5.74, 6) is -0.416. The van der Waals surface area contributed by atoms with Gasteiger partial charge in [0.15, 0.2) is 0 Å². The first-order valence-corrected chi connectivity index (χ1v) is 11.1. The molecule has 1 N–H and O–H groups in total. The van der Waals surface area contributed by atoms with Gasteiger partial charge in [0.2, 0.25) is 11.8 Å². The van der Waals surface area contributed by atoms with Gasteiger partial charge in [-0.2, -0.15) is 5.26 Å². The summed E-state index contributed by atoms with van der Waals surface area (Å²) >= 11 is 0. The molecule has 9 heteroatoms. The van der Waals surface area contributed by atoms with E-state index in [-0.39, 0.29) is 48.9 Å². The van der Waals surface area contributed by atoms with Crippen LogP contribution in [-0.2, 0) is 9.53 Å². The molecule has 0 aliphatic carbocycles. The van der Waals surface area contributed by atoms with Gasteiger partial charge in [-0.3, -0.25) is 9.59 Å². The Hall–Kier alpha value is -3.48. The maximum Gasteiger partial charge on any atom is 0.259 e. The number of nitrogens with zero attached hydrogens (tertiary/aromatic N) is 4. The normalized spacial score (nSPS) is 18.7. The van der Waals surface area contributed by atoms with Crippen molar-refractivity contribution in [3.05, 3.63) is 47.7 Å². The first-order chi connectivity index (χ1) is 16.3. The van der Waals surface area contributed by atoms with E-state index in [2.05, 4.69) is 11.1 Å². The zero-order chi connectivity index (χ0) is 24.8. The van der Waals surface area contributed by atoms with E-state index in [1.165, 1.54) is 7.11 Å². The highest BCUT2D eigenvalue weighted by atomic mass is 16.5. The van der Waals surface area contributed by atoms with E-state index in [0.717, 1.165) is 5.56 Å². The second-order valence-corrected chi connectivity index (χ2v) is 8.60. The molecule has 2 amide bonds. The molecule has 180 valence electrons. The average Bonchev–Trinajstić information content (AvgIpc) is 2.85. The van der Waals surface area contributed by atoms with Crippen LogP contribution in [0.2, 0.25) is 0 Å². The smallest absolute Gasteiger partial charge is 0.259 e. The molecule has 1 aromatic carbocycles. The van der Waals surface area contributed by atoms with Gasteiger partial charge >= 0.3 is 0 Å². The number of hydrogen-bond donors (Lipinski definition) is 1. The second kappa shape index (κ2) is 11.1. The summed E-state index contributed by atoms with van der Waals surface area (Å²) in [7, 11) is 3.14. The van der Waals surface area contributed by atoms with Crippen LogP contribution in [0.4, 0.5) is 0 Å². The number of benzene rings is 1. The van der Waals surface area contributed by atoms with Crippen molar-refractivity contribution in [1.82, 2.24) is 14.8 Å². The zero-order valence-electron chi connectivity index (χ0n) is 19.9. The molecule has 0 fully saturated rings. The molecule has 1 aliphatic heterocycles. The SMILES string of the molecule is COCC(=O)N(C)C[C@H]1Oc2ncc(-c3ccc(C#N)cc3)cc2C(=O)N([C@@H](C)CO)C[C@@H]1C. The summed E-state index contributed by atoms with van der Waals surface area (Å²) < 4.78 is 11.2. The van der Waals surface area contributed by atoms with Crippen molar-refractivity contribution in [2.24, 2.45) is 5.92 Å². The molecule has 9 nitrogen and oxygen atoms in total. The molecule has 0 bridgehead atoms. The molecule has 34 heavy (non-hydrogen) atoms. The van der Waals surface area contributed by atoms with Crippen LogP contribution in [0, 0.1) is 17.2 Å². The number of carbonyl (C=O) groups excluding carboxylic acids is 2. The highest BCUT2D eigenvalue weighted by molar-refractivity contribution is 5.98. The number of carbonyl (C=O) groups is 2. The van der Waals surface area contributed by atoms with Gasteiger partial charge in [-0.25, -0.2) is 4.98 Å². The lowest BCUT2D eigenvalue weighted by Crippen LogP contribution is -2.50. The fraction of sp³-hybridized carbons (Fsp3) is 0.440. The Morgan fingerprint density at radius 2 is 2.09 bits per heavy atom. The third-order valence-corrected chi connectivity index (χ3v) is 6.02. The van der Waals surface area contributed by atoms with Crippen molar-refractivity contribution in [3.8, 4) is 23.1 Å². The molecule has 0 saturated heterocycles. The molecule has 0 spiro atoms. The number of aromatic nitrogens is 1. The van der Waals surface area contributed by atoms with Crippen LogP contribution in [0.5, 0.6) is 5.88 Å². The van der Waals surface area contributed by atoms with Gasteiger partial charge in [-0.1, -0.05) is 19.1 Å². The van der Waals surface area contributed by atoms with Crippen LogP contribution >= 0.6 is 0 Å². The Labute approximate surface area is 199 Å². The molecule has 2 aromatic rings. The van der Waals surface area contributed by atoms with Gasteiger partial charge in [0.05, 0.1) is 30.8 Å². The molecule has 0 saturated carbocycles. The number of aliphatic hydroxyl groups excluding tert-OH is 1. The summed E-state index contributed by atoms with van der Waals surface area (Å²) in [5.41, 5.74) is 2.33. The van der Waals surface area contributed by atoms with E-state index in [1.54, 1.807) is 60.3 Å². The molecular formula is C25H30N4O5. The van der Waals surface area contributed by atoms with Gasteiger partial charge in [-0.05, 0) is 30.7 Å². The van der Waals surface area contributed by atoms with E-state index in [4.69, 9.17) is 14.7 Å². The van der Waals surface area contributed by atoms with Crippen molar-refractivity contribution < 1.29 is 24.2 Å². The second-order valence-electron chi connectivity index (χ2n) is 8.60. The Morgan fingerprint density at radius 1 is 1.38 bits per heavy atom. The molecule has 0 unspecified atom stereocenters. The lowest BCUT2D eigenvalue weighted by atomic mass is 9.99. The first kappa shape index (κ1) is 25.1. The summed E-state index contributed by atoms with van der Waals surface area (Å²) in [6.45, 7) is 4.14. The Balaban J connectivity index is 2.00. The third kappa shape index (κ3) is 5.53. The number of methoxy groups -OCH3 is 1. The van der Waals surface area contributed by atoms with E-state index < -0.39 is 12.1 Å². The van der Waals surface area contributed by atoms with Crippen LogP contribution in [0.25, 0.3) is 11.1 Å². The zero-order valence-corrected chi connectivity index (χ0v) is 19.9. The topological polar surface area (TPSA) is 116 Å². The lowest BCUT2D eigenvalue weighted by molar-refractivity contribution is -0.135. The first-order valence-electron chi connectivity index (χ1n) is 11.1. The summed E-state index contributed by atoms with van der Waals surface area (Å²) in [6.07, 6.45) is 1.19. The fourth-order valence-corrected chi connectivity index (χ4v) is 3.82.